The fraction of sp³-hybridized carbons (Fsp3) is 0.375. The lowest BCUT2D eigenvalue weighted by atomic mass is 9.92. The maximum absolute atomic E-state index is 12.3. The average Bonchev–Trinajstić information content (AvgIpc) is 3.16. The Morgan fingerprint density at radius 1 is 1.41 bits per heavy atom. The topological polar surface area (TPSA) is 42.4 Å². The number of hydrogen-bond donors (Lipinski definition) is 0. The Morgan fingerprint density at radius 3 is 3.05 bits per heavy atom. The van der Waals surface area contributed by atoms with Crippen LogP contribution in [0.15, 0.2) is 41.4 Å². The minimum atomic E-state index is 0.157. The molecule has 0 N–H and O–H groups in total. The molecule has 0 aromatic carbocycles. The zero-order chi connectivity index (χ0) is 15.0. The van der Waals surface area contributed by atoms with Gasteiger partial charge in [0, 0.05) is 36.8 Å². The van der Waals surface area contributed by atoms with E-state index in [1.54, 1.807) is 23.7 Å². The number of nitrogens with zero attached hydrogens (tertiary/aromatic N) is 2. The molecule has 1 amide bonds. The normalized spacial score (nSPS) is 22.5. The van der Waals surface area contributed by atoms with Gasteiger partial charge in [-0.1, -0.05) is 0 Å². The molecule has 0 aliphatic carbocycles. The van der Waals surface area contributed by atoms with E-state index in [9.17, 15) is 4.79 Å². The Hall–Kier alpha value is -1.53. The molecule has 2 fully saturated rings. The van der Waals surface area contributed by atoms with Crippen molar-refractivity contribution in [2.45, 2.75) is 17.3 Å². The smallest absolute Gasteiger partial charge is 0.254 e. The van der Waals surface area contributed by atoms with Crippen LogP contribution >= 0.6 is 23.1 Å². The predicted molar refractivity (Wildman–Crippen MR) is 88.7 cm³/mol. The summed E-state index contributed by atoms with van der Waals surface area (Å²) in [5, 5.41) is 3.87. The van der Waals surface area contributed by atoms with Gasteiger partial charge in [0.2, 0.25) is 0 Å². The first-order chi connectivity index (χ1) is 10.7. The molecular formula is C16H16N2O2S2. The minimum absolute atomic E-state index is 0.157. The Morgan fingerprint density at radius 2 is 2.32 bits per heavy atom. The molecule has 1 atom stereocenters. The third-order valence-electron chi connectivity index (χ3n) is 4.13. The van der Waals surface area contributed by atoms with Gasteiger partial charge >= 0.3 is 0 Å². The number of likely N-dealkylation sites (tertiary alicyclic amines) is 1. The number of amides is 1. The van der Waals surface area contributed by atoms with Crippen molar-refractivity contribution in [2.24, 2.45) is 0 Å². The third kappa shape index (κ3) is 2.61. The summed E-state index contributed by atoms with van der Waals surface area (Å²) >= 11 is 3.51. The van der Waals surface area contributed by atoms with Gasteiger partial charge in [0.1, 0.15) is 11.9 Å². The Bertz CT molecular complexity index is 654. The van der Waals surface area contributed by atoms with Crippen LogP contribution in [0.4, 0.5) is 0 Å². The Kier molecular flexibility index (Phi) is 3.58. The molecule has 2 aliphatic heterocycles. The molecule has 2 aromatic rings. The van der Waals surface area contributed by atoms with E-state index in [1.807, 2.05) is 45.6 Å². The molecule has 2 aromatic heterocycles. The third-order valence-corrected chi connectivity index (χ3v) is 6.38. The average molecular weight is 332 g/mol. The summed E-state index contributed by atoms with van der Waals surface area (Å²) in [4.78, 5) is 18.3. The van der Waals surface area contributed by atoms with Crippen LogP contribution in [0.25, 0.3) is 0 Å². The lowest BCUT2D eigenvalue weighted by Gasteiger charge is -2.47. The highest BCUT2D eigenvalue weighted by molar-refractivity contribution is 8.01. The quantitative estimate of drug-likeness (QED) is 0.867. The first kappa shape index (κ1) is 14.1. The number of carbonyl (C=O) groups excluding carboxylic acids is 1. The summed E-state index contributed by atoms with van der Waals surface area (Å²) in [5.74, 6) is 1.97. The lowest BCUT2D eigenvalue weighted by Crippen LogP contribution is -2.60. The first-order valence-electron chi connectivity index (χ1n) is 7.26. The van der Waals surface area contributed by atoms with Gasteiger partial charge in [-0.05, 0) is 23.6 Å². The van der Waals surface area contributed by atoms with Crippen LogP contribution in [-0.2, 0) is 0 Å². The summed E-state index contributed by atoms with van der Waals surface area (Å²) in [6.45, 7) is 1.67. The number of carbonyl (C=O) groups is 1. The van der Waals surface area contributed by atoms with Crippen LogP contribution in [0, 0.1) is 0 Å². The van der Waals surface area contributed by atoms with E-state index < -0.39 is 0 Å². The van der Waals surface area contributed by atoms with Crippen LogP contribution < -0.4 is 4.74 Å². The molecule has 114 valence electrons. The minimum Gasteiger partial charge on any atom is -0.488 e. The van der Waals surface area contributed by atoms with Crippen molar-refractivity contribution >= 4 is 29.0 Å². The number of thioether (sulfide) groups is 1. The zero-order valence-corrected chi connectivity index (χ0v) is 13.6. The molecule has 1 unspecified atom stereocenters. The second-order valence-electron chi connectivity index (χ2n) is 5.80. The van der Waals surface area contributed by atoms with Crippen LogP contribution in [0.5, 0.6) is 5.75 Å². The van der Waals surface area contributed by atoms with E-state index in [0.29, 0.717) is 0 Å². The number of ether oxygens (including phenoxy) is 1. The van der Waals surface area contributed by atoms with Gasteiger partial charge in [-0.15, -0.1) is 11.8 Å². The summed E-state index contributed by atoms with van der Waals surface area (Å²) in [6.07, 6.45) is 4.72. The number of rotatable bonds is 3. The summed E-state index contributed by atoms with van der Waals surface area (Å²) in [7, 11) is 0. The highest BCUT2D eigenvalue weighted by Gasteiger charge is 2.51. The van der Waals surface area contributed by atoms with Gasteiger partial charge in [0.15, 0.2) is 0 Å². The summed E-state index contributed by atoms with van der Waals surface area (Å²) in [5.41, 5.74) is 0.811. The second-order valence-corrected chi connectivity index (χ2v) is 8.07. The van der Waals surface area contributed by atoms with E-state index >= 15 is 0 Å². The summed E-state index contributed by atoms with van der Waals surface area (Å²) in [6, 6.07) is 5.72. The van der Waals surface area contributed by atoms with E-state index in [-0.39, 0.29) is 16.8 Å². The first-order valence-corrected chi connectivity index (χ1v) is 9.19. The maximum atomic E-state index is 12.3. The second kappa shape index (κ2) is 5.59. The number of hydrogen-bond acceptors (Lipinski definition) is 5. The molecule has 2 saturated heterocycles. The predicted octanol–water partition coefficient (Wildman–Crippen LogP) is 2.92. The molecule has 4 heterocycles. The number of pyridine rings is 1. The monoisotopic (exact) mass is 332 g/mol. The molecular weight excluding hydrogens is 316 g/mol. The van der Waals surface area contributed by atoms with Crippen LogP contribution in [-0.4, -0.2) is 45.5 Å². The van der Waals surface area contributed by atoms with E-state index in [0.717, 1.165) is 36.6 Å². The highest BCUT2D eigenvalue weighted by Crippen LogP contribution is 2.46. The fourth-order valence-corrected chi connectivity index (χ4v) is 5.22. The molecule has 0 saturated carbocycles. The molecule has 0 bridgehead atoms. The highest BCUT2D eigenvalue weighted by atomic mass is 32.2. The summed E-state index contributed by atoms with van der Waals surface area (Å²) < 4.78 is 6.18. The SMILES string of the molecule is O=C(c1ccsc1)N1CC2(CC(Oc3cccnc3)CS2)C1. The van der Waals surface area contributed by atoms with E-state index in [2.05, 4.69) is 4.98 Å². The Labute approximate surface area is 137 Å². The largest absolute Gasteiger partial charge is 0.488 e. The molecule has 4 nitrogen and oxygen atoms in total. The zero-order valence-electron chi connectivity index (χ0n) is 12.0. The van der Waals surface area contributed by atoms with Crippen molar-refractivity contribution < 1.29 is 9.53 Å². The van der Waals surface area contributed by atoms with Gasteiger partial charge < -0.3 is 9.64 Å². The molecule has 1 spiro atoms. The number of aromatic nitrogens is 1. The van der Waals surface area contributed by atoms with Gasteiger partial charge in [-0.3, -0.25) is 9.78 Å². The molecule has 6 heteroatoms. The molecule has 22 heavy (non-hydrogen) atoms. The van der Waals surface area contributed by atoms with Gasteiger partial charge in [-0.25, -0.2) is 0 Å². The van der Waals surface area contributed by atoms with Crippen molar-refractivity contribution in [3.05, 3.63) is 46.9 Å². The van der Waals surface area contributed by atoms with Crippen molar-refractivity contribution in [3.8, 4) is 5.75 Å². The van der Waals surface area contributed by atoms with Gasteiger partial charge in [0.25, 0.3) is 5.91 Å². The van der Waals surface area contributed by atoms with Gasteiger partial charge in [-0.2, -0.15) is 11.3 Å². The number of thiophene rings is 1. The van der Waals surface area contributed by atoms with Crippen LogP contribution in [0.3, 0.4) is 0 Å². The maximum Gasteiger partial charge on any atom is 0.254 e. The van der Waals surface area contributed by atoms with Crippen LogP contribution in [0.1, 0.15) is 16.8 Å². The molecule has 2 aliphatic rings. The van der Waals surface area contributed by atoms with Crippen molar-refractivity contribution in [1.29, 1.82) is 0 Å². The van der Waals surface area contributed by atoms with Crippen molar-refractivity contribution in [2.75, 3.05) is 18.8 Å². The lowest BCUT2D eigenvalue weighted by molar-refractivity contribution is 0.0518. The fourth-order valence-electron chi connectivity index (χ4n) is 3.07. The van der Waals surface area contributed by atoms with E-state index in [4.69, 9.17) is 4.74 Å². The van der Waals surface area contributed by atoms with Gasteiger partial charge in [0.05, 0.1) is 16.5 Å². The Balaban J connectivity index is 1.33. The van der Waals surface area contributed by atoms with E-state index in [1.165, 1.54) is 0 Å². The molecule has 4 rings (SSSR count). The van der Waals surface area contributed by atoms with Crippen LogP contribution in [0.2, 0.25) is 0 Å². The standard InChI is InChI=1S/C16H16N2O2S2/c19-15(12-3-5-21-8-12)18-10-16(11-18)6-14(9-22-16)20-13-2-1-4-17-7-13/h1-5,7-8,14H,6,9-11H2. The van der Waals surface area contributed by atoms with Crippen molar-refractivity contribution in [3.63, 3.8) is 0 Å². The van der Waals surface area contributed by atoms with Crippen molar-refractivity contribution in [1.82, 2.24) is 9.88 Å². The molecule has 0 radical (unpaired) electrons.